The van der Waals surface area contributed by atoms with E-state index in [-0.39, 0.29) is 6.61 Å². The van der Waals surface area contributed by atoms with Crippen molar-refractivity contribution in [1.29, 1.82) is 0 Å². The average Bonchev–Trinajstić information content (AvgIpc) is 2.93. The molecule has 2 aliphatic heterocycles. The van der Waals surface area contributed by atoms with Crippen molar-refractivity contribution >= 4 is 34.5 Å². The molecule has 5 rings (SSSR count). The van der Waals surface area contributed by atoms with E-state index in [1.165, 1.54) is 0 Å². The highest BCUT2D eigenvalue weighted by Crippen LogP contribution is 2.32. The maximum atomic E-state index is 9.59. The summed E-state index contributed by atoms with van der Waals surface area (Å²) in [7, 11) is 1.98. The van der Waals surface area contributed by atoms with Gasteiger partial charge in [0.1, 0.15) is 5.82 Å². The summed E-state index contributed by atoms with van der Waals surface area (Å²) in [5.74, 6) is 1.29. The zero-order chi connectivity index (χ0) is 25.8. The second-order valence-corrected chi connectivity index (χ2v) is 9.66. The standard InChI is InChI=1S/C28H36N6O3/c1-20-4-5-22(18-35)14-26(20)32(3)27-6-7-29-28(31-27)30-23-15-24(33-8-11-36-12-9-33)17-25(16-23)34-10-13-37-19-21(34)2/h4-7,14-17,21,35H,8-13,18-19H2,1-3H3,(H,29,30,31)/t21-/m0/s1. The van der Waals surface area contributed by atoms with Gasteiger partial charge in [-0.15, -0.1) is 0 Å². The summed E-state index contributed by atoms with van der Waals surface area (Å²) in [6.45, 7) is 9.75. The predicted octanol–water partition coefficient (Wildman–Crippen LogP) is 3.85. The number of morpholine rings is 2. The summed E-state index contributed by atoms with van der Waals surface area (Å²) in [4.78, 5) is 16.1. The quantitative estimate of drug-likeness (QED) is 0.498. The second-order valence-electron chi connectivity index (χ2n) is 9.66. The Morgan fingerprint density at radius 2 is 1.81 bits per heavy atom. The first-order valence-electron chi connectivity index (χ1n) is 12.9. The normalized spacial score (nSPS) is 18.1. The number of hydrogen-bond donors (Lipinski definition) is 2. The third-order valence-corrected chi connectivity index (χ3v) is 7.04. The summed E-state index contributed by atoms with van der Waals surface area (Å²) in [5, 5.41) is 13.0. The van der Waals surface area contributed by atoms with Crippen LogP contribution in [0.3, 0.4) is 0 Å². The van der Waals surface area contributed by atoms with Crippen LogP contribution in [0.1, 0.15) is 18.1 Å². The van der Waals surface area contributed by atoms with Gasteiger partial charge in [0.2, 0.25) is 5.95 Å². The Morgan fingerprint density at radius 1 is 1.03 bits per heavy atom. The summed E-state index contributed by atoms with van der Waals surface area (Å²) in [5.41, 5.74) is 6.23. The Labute approximate surface area is 218 Å². The van der Waals surface area contributed by atoms with Crippen molar-refractivity contribution < 1.29 is 14.6 Å². The summed E-state index contributed by atoms with van der Waals surface area (Å²) < 4.78 is 11.3. The van der Waals surface area contributed by atoms with Crippen LogP contribution in [-0.4, -0.2) is 74.2 Å². The number of aliphatic hydroxyl groups is 1. The van der Waals surface area contributed by atoms with Crippen molar-refractivity contribution in [1.82, 2.24) is 9.97 Å². The monoisotopic (exact) mass is 504 g/mol. The third-order valence-electron chi connectivity index (χ3n) is 7.04. The summed E-state index contributed by atoms with van der Waals surface area (Å²) >= 11 is 0. The Hall–Kier alpha value is -3.40. The van der Waals surface area contributed by atoms with Crippen LogP contribution in [-0.2, 0) is 16.1 Å². The van der Waals surface area contributed by atoms with Crippen LogP contribution < -0.4 is 20.0 Å². The van der Waals surface area contributed by atoms with Crippen LogP contribution in [0.5, 0.6) is 0 Å². The van der Waals surface area contributed by atoms with E-state index in [9.17, 15) is 5.11 Å². The SMILES string of the molecule is Cc1ccc(CO)cc1N(C)c1ccnc(Nc2cc(N3CCOCC3)cc(N3CCOC[C@@H]3C)c2)n1. The minimum Gasteiger partial charge on any atom is -0.392 e. The van der Waals surface area contributed by atoms with Gasteiger partial charge >= 0.3 is 0 Å². The number of nitrogens with one attached hydrogen (secondary N) is 1. The van der Waals surface area contributed by atoms with Gasteiger partial charge in [-0.1, -0.05) is 12.1 Å². The number of rotatable bonds is 7. The predicted molar refractivity (Wildman–Crippen MR) is 148 cm³/mol. The van der Waals surface area contributed by atoms with Gasteiger partial charge in [0.15, 0.2) is 0 Å². The Balaban J connectivity index is 1.44. The molecule has 196 valence electrons. The zero-order valence-corrected chi connectivity index (χ0v) is 21.9. The maximum Gasteiger partial charge on any atom is 0.229 e. The van der Waals surface area contributed by atoms with Crippen molar-refractivity contribution in [2.75, 3.05) is 73.1 Å². The van der Waals surface area contributed by atoms with Crippen molar-refractivity contribution in [3.8, 4) is 0 Å². The number of nitrogens with zero attached hydrogens (tertiary/aromatic N) is 5. The molecular formula is C28H36N6O3. The fourth-order valence-electron chi connectivity index (χ4n) is 4.91. The number of ether oxygens (including phenoxy) is 2. The minimum atomic E-state index is 0.00127. The van der Waals surface area contributed by atoms with Gasteiger partial charge in [0.25, 0.3) is 0 Å². The van der Waals surface area contributed by atoms with Crippen LogP contribution in [0.15, 0.2) is 48.7 Å². The molecular weight excluding hydrogens is 468 g/mol. The van der Waals surface area contributed by atoms with Crippen molar-refractivity contribution in [2.24, 2.45) is 0 Å². The Bertz CT molecular complexity index is 1220. The second kappa shape index (κ2) is 11.3. The molecule has 0 bridgehead atoms. The van der Waals surface area contributed by atoms with E-state index >= 15 is 0 Å². The smallest absolute Gasteiger partial charge is 0.229 e. The van der Waals surface area contributed by atoms with Gasteiger partial charge in [-0.05, 0) is 55.3 Å². The molecule has 0 radical (unpaired) electrons. The fraction of sp³-hybridized carbons (Fsp3) is 0.429. The van der Waals surface area contributed by atoms with Crippen LogP contribution in [0, 0.1) is 6.92 Å². The first-order chi connectivity index (χ1) is 18.0. The molecule has 0 amide bonds. The molecule has 9 heteroatoms. The Morgan fingerprint density at radius 3 is 2.59 bits per heavy atom. The molecule has 37 heavy (non-hydrogen) atoms. The van der Waals surface area contributed by atoms with Crippen LogP contribution >= 0.6 is 0 Å². The molecule has 0 spiro atoms. The number of aliphatic hydroxyl groups excluding tert-OH is 1. The van der Waals surface area contributed by atoms with E-state index in [1.807, 2.05) is 36.2 Å². The molecule has 2 fully saturated rings. The molecule has 0 unspecified atom stereocenters. The summed E-state index contributed by atoms with van der Waals surface area (Å²) in [6.07, 6.45) is 1.77. The highest BCUT2D eigenvalue weighted by Gasteiger charge is 2.22. The lowest BCUT2D eigenvalue weighted by Crippen LogP contribution is -2.44. The van der Waals surface area contributed by atoms with Gasteiger partial charge < -0.3 is 34.6 Å². The molecule has 2 N–H and O–H groups in total. The number of hydrogen-bond acceptors (Lipinski definition) is 9. The van der Waals surface area contributed by atoms with Crippen LogP contribution in [0.2, 0.25) is 0 Å². The van der Waals surface area contributed by atoms with E-state index in [0.29, 0.717) is 12.0 Å². The molecule has 2 aliphatic rings. The van der Waals surface area contributed by atoms with E-state index in [1.54, 1.807) is 6.20 Å². The topological polar surface area (TPSA) is 86.2 Å². The molecule has 9 nitrogen and oxygen atoms in total. The van der Waals surface area contributed by atoms with Crippen molar-refractivity contribution in [3.05, 3.63) is 59.8 Å². The number of benzene rings is 2. The highest BCUT2D eigenvalue weighted by molar-refractivity contribution is 5.72. The molecule has 0 saturated carbocycles. The largest absolute Gasteiger partial charge is 0.392 e. The lowest BCUT2D eigenvalue weighted by atomic mass is 10.1. The average molecular weight is 505 g/mol. The van der Waals surface area contributed by atoms with Crippen LogP contribution in [0.4, 0.5) is 34.5 Å². The van der Waals surface area contributed by atoms with Gasteiger partial charge in [-0.3, -0.25) is 0 Å². The van der Waals surface area contributed by atoms with Gasteiger partial charge in [0.05, 0.1) is 33.0 Å². The van der Waals surface area contributed by atoms with Gasteiger partial charge in [-0.2, -0.15) is 4.98 Å². The minimum absolute atomic E-state index is 0.00127. The summed E-state index contributed by atoms with van der Waals surface area (Å²) in [6, 6.07) is 14.7. The number of anilines is 6. The van der Waals surface area contributed by atoms with E-state index in [2.05, 4.69) is 52.1 Å². The van der Waals surface area contributed by atoms with E-state index in [0.717, 1.165) is 85.8 Å². The molecule has 1 atom stereocenters. The third kappa shape index (κ3) is 5.79. The van der Waals surface area contributed by atoms with Gasteiger partial charge in [-0.25, -0.2) is 4.98 Å². The molecule has 2 aromatic carbocycles. The zero-order valence-electron chi connectivity index (χ0n) is 21.9. The van der Waals surface area contributed by atoms with E-state index in [4.69, 9.17) is 14.5 Å². The maximum absolute atomic E-state index is 9.59. The lowest BCUT2D eigenvalue weighted by Gasteiger charge is -2.37. The first-order valence-corrected chi connectivity index (χ1v) is 12.9. The van der Waals surface area contributed by atoms with Crippen LogP contribution in [0.25, 0.3) is 0 Å². The van der Waals surface area contributed by atoms with E-state index < -0.39 is 0 Å². The van der Waals surface area contributed by atoms with Crippen molar-refractivity contribution in [2.45, 2.75) is 26.5 Å². The van der Waals surface area contributed by atoms with Crippen molar-refractivity contribution in [3.63, 3.8) is 0 Å². The number of aromatic nitrogens is 2. The Kier molecular flexibility index (Phi) is 7.73. The first kappa shape index (κ1) is 25.3. The lowest BCUT2D eigenvalue weighted by molar-refractivity contribution is 0.0989. The van der Waals surface area contributed by atoms with Gasteiger partial charge in [0, 0.05) is 61.7 Å². The fourth-order valence-corrected chi connectivity index (χ4v) is 4.91. The molecule has 3 aromatic rings. The molecule has 2 saturated heterocycles. The highest BCUT2D eigenvalue weighted by atomic mass is 16.5. The molecule has 3 heterocycles. The number of aryl methyl sites for hydroxylation is 1. The molecule has 1 aromatic heterocycles. The molecule has 0 aliphatic carbocycles.